The molecule has 4 rings (SSSR count). The second kappa shape index (κ2) is 9.42. The zero-order chi connectivity index (χ0) is 22.0. The number of carbonyl (C=O) groups excluding carboxylic acids is 1. The van der Waals surface area contributed by atoms with Gasteiger partial charge in [-0.15, -0.1) is 0 Å². The molecule has 2 aliphatic rings. The maximum absolute atomic E-state index is 12.8. The Morgan fingerprint density at radius 3 is 2.42 bits per heavy atom. The average molecular weight is 427 g/mol. The van der Waals surface area contributed by atoms with Crippen molar-refractivity contribution in [3.05, 3.63) is 29.2 Å². The Hall–Kier alpha value is -2.36. The number of piperazine rings is 1. The summed E-state index contributed by atoms with van der Waals surface area (Å²) in [5, 5.41) is 7.50. The van der Waals surface area contributed by atoms with Gasteiger partial charge in [-0.2, -0.15) is 9.78 Å². The average Bonchev–Trinajstić information content (AvgIpc) is 3.08. The van der Waals surface area contributed by atoms with E-state index in [1.165, 1.54) is 19.4 Å². The van der Waals surface area contributed by atoms with Crippen molar-refractivity contribution < 1.29 is 4.79 Å². The quantitative estimate of drug-likeness (QED) is 0.770. The van der Waals surface area contributed by atoms with Crippen LogP contribution in [-0.2, 0) is 4.79 Å². The third-order valence-electron chi connectivity index (χ3n) is 6.15. The molecule has 2 aromatic rings. The molecule has 0 aliphatic carbocycles. The molecule has 0 spiro atoms. The lowest BCUT2D eigenvalue weighted by Gasteiger charge is -2.42. The van der Waals surface area contributed by atoms with E-state index >= 15 is 0 Å². The van der Waals surface area contributed by atoms with Gasteiger partial charge in [-0.05, 0) is 53.3 Å². The van der Waals surface area contributed by atoms with Crippen molar-refractivity contribution in [3.63, 3.8) is 0 Å². The molecule has 0 bridgehead atoms. The summed E-state index contributed by atoms with van der Waals surface area (Å²) in [5.41, 5.74) is 2.55. The number of hydrogen-bond acceptors (Lipinski definition) is 7. The van der Waals surface area contributed by atoms with Crippen LogP contribution in [0.1, 0.15) is 29.9 Å². The molecule has 9 heteroatoms. The van der Waals surface area contributed by atoms with Crippen LogP contribution in [0.25, 0.3) is 5.95 Å². The Balaban J connectivity index is 1.34. The summed E-state index contributed by atoms with van der Waals surface area (Å²) in [6.07, 6.45) is 2.57. The molecular weight excluding hydrogens is 392 g/mol. The molecule has 9 nitrogen and oxygen atoms in total. The van der Waals surface area contributed by atoms with Crippen molar-refractivity contribution in [1.82, 2.24) is 34.4 Å². The first kappa shape index (κ1) is 21.9. The van der Waals surface area contributed by atoms with Gasteiger partial charge in [-0.25, -0.2) is 9.97 Å². The number of anilines is 1. The fourth-order valence-corrected chi connectivity index (χ4v) is 4.65. The van der Waals surface area contributed by atoms with Crippen LogP contribution in [0.2, 0.25) is 0 Å². The summed E-state index contributed by atoms with van der Waals surface area (Å²) in [7, 11) is 2.21. The number of aryl methyl sites for hydroxylation is 3. The van der Waals surface area contributed by atoms with Crippen LogP contribution in [0.4, 0.5) is 5.82 Å². The van der Waals surface area contributed by atoms with Crippen molar-refractivity contribution in [2.75, 3.05) is 58.2 Å². The number of nitrogens with one attached hydrogen (secondary N) is 1. The van der Waals surface area contributed by atoms with Gasteiger partial charge in [0.05, 0.1) is 12.2 Å². The fraction of sp³-hybridized carbons (Fsp3) is 0.636. The molecule has 1 amide bonds. The maximum atomic E-state index is 12.8. The summed E-state index contributed by atoms with van der Waals surface area (Å²) in [4.78, 5) is 29.0. The monoisotopic (exact) mass is 426 g/mol. The van der Waals surface area contributed by atoms with Crippen molar-refractivity contribution in [2.45, 2.75) is 39.7 Å². The Labute approximate surface area is 184 Å². The number of hydrogen-bond donors (Lipinski definition) is 1. The topological polar surface area (TPSA) is 82.4 Å². The van der Waals surface area contributed by atoms with Gasteiger partial charge in [0, 0.05) is 56.2 Å². The predicted octanol–water partition coefficient (Wildman–Crippen LogP) is 1.24. The van der Waals surface area contributed by atoms with Crippen LogP contribution in [-0.4, -0.2) is 99.3 Å². The second-order valence-corrected chi connectivity index (χ2v) is 8.95. The number of likely N-dealkylation sites (tertiary alicyclic amines) is 1. The first-order chi connectivity index (χ1) is 14.9. The molecular formula is C22H34N8O. The minimum atomic E-state index is -0.0311. The predicted molar refractivity (Wildman–Crippen MR) is 121 cm³/mol. The van der Waals surface area contributed by atoms with Gasteiger partial charge in [0.25, 0.3) is 5.95 Å². The number of nitrogens with zero attached hydrogens (tertiary/aromatic N) is 7. The van der Waals surface area contributed by atoms with Crippen LogP contribution in [0, 0.1) is 20.8 Å². The van der Waals surface area contributed by atoms with Gasteiger partial charge < -0.3 is 10.2 Å². The highest BCUT2D eigenvalue weighted by Gasteiger charge is 2.27. The molecule has 0 aromatic carbocycles. The minimum Gasteiger partial charge on any atom is -0.309 e. The van der Waals surface area contributed by atoms with E-state index in [1.54, 1.807) is 4.68 Å². The Kier molecular flexibility index (Phi) is 6.64. The molecule has 168 valence electrons. The molecule has 0 radical (unpaired) electrons. The smallest absolute Gasteiger partial charge is 0.252 e. The van der Waals surface area contributed by atoms with E-state index in [1.807, 2.05) is 32.9 Å². The van der Waals surface area contributed by atoms with Gasteiger partial charge >= 0.3 is 0 Å². The van der Waals surface area contributed by atoms with E-state index in [0.717, 1.165) is 49.8 Å². The molecule has 2 aliphatic heterocycles. The minimum absolute atomic E-state index is 0.0311. The lowest BCUT2D eigenvalue weighted by molar-refractivity contribution is -0.117. The summed E-state index contributed by atoms with van der Waals surface area (Å²) in [6, 6.07) is 4.43. The van der Waals surface area contributed by atoms with E-state index in [2.05, 4.69) is 42.1 Å². The van der Waals surface area contributed by atoms with E-state index in [0.29, 0.717) is 24.4 Å². The standard InChI is InChI=1S/C22H34N8O/c1-16-12-17(2)24-22(23-16)30-20(13-18(3)26-30)25-21(31)15-28-8-10-29(11-9-28)19-6-5-7-27(4)14-19/h12-13,19H,5-11,14-15H2,1-4H3,(H,25,31). The zero-order valence-corrected chi connectivity index (χ0v) is 19.1. The van der Waals surface area contributed by atoms with Gasteiger partial charge in [-0.3, -0.25) is 14.6 Å². The van der Waals surface area contributed by atoms with E-state index in [-0.39, 0.29) is 5.91 Å². The molecule has 31 heavy (non-hydrogen) atoms. The Morgan fingerprint density at radius 2 is 1.74 bits per heavy atom. The lowest BCUT2D eigenvalue weighted by Crippen LogP contribution is -2.55. The van der Waals surface area contributed by atoms with Crippen molar-refractivity contribution in [1.29, 1.82) is 0 Å². The van der Waals surface area contributed by atoms with E-state index in [4.69, 9.17) is 0 Å². The van der Waals surface area contributed by atoms with Crippen LogP contribution in [0.3, 0.4) is 0 Å². The SMILES string of the molecule is Cc1cc(C)nc(-n2nc(C)cc2NC(=O)CN2CCN(C3CCCN(C)C3)CC2)n1. The number of carbonyl (C=O) groups is 1. The molecule has 1 N–H and O–H groups in total. The fourth-order valence-electron chi connectivity index (χ4n) is 4.65. The van der Waals surface area contributed by atoms with Gasteiger partial charge in [-0.1, -0.05) is 0 Å². The molecule has 2 saturated heterocycles. The number of aromatic nitrogens is 4. The summed E-state index contributed by atoms with van der Waals surface area (Å²) >= 11 is 0. The highest BCUT2D eigenvalue weighted by molar-refractivity contribution is 5.91. The first-order valence-electron chi connectivity index (χ1n) is 11.2. The number of amides is 1. The molecule has 1 atom stereocenters. The van der Waals surface area contributed by atoms with Gasteiger partial charge in [0.15, 0.2) is 0 Å². The molecule has 1 unspecified atom stereocenters. The maximum Gasteiger partial charge on any atom is 0.252 e. The van der Waals surface area contributed by atoms with Crippen LogP contribution in [0.15, 0.2) is 12.1 Å². The third-order valence-corrected chi connectivity index (χ3v) is 6.15. The zero-order valence-electron chi connectivity index (χ0n) is 19.1. The normalized spacial score (nSPS) is 21.4. The van der Waals surface area contributed by atoms with E-state index < -0.39 is 0 Å². The molecule has 2 fully saturated rings. The van der Waals surface area contributed by atoms with E-state index in [9.17, 15) is 4.79 Å². The first-order valence-corrected chi connectivity index (χ1v) is 11.2. The summed E-state index contributed by atoms with van der Waals surface area (Å²) < 4.78 is 1.62. The van der Waals surface area contributed by atoms with Gasteiger partial charge in [0.2, 0.25) is 5.91 Å². The lowest BCUT2D eigenvalue weighted by atomic mass is 10.0. The number of likely N-dealkylation sites (N-methyl/N-ethyl adjacent to an activating group) is 1. The second-order valence-electron chi connectivity index (χ2n) is 8.95. The highest BCUT2D eigenvalue weighted by atomic mass is 16.2. The molecule has 0 saturated carbocycles. The van der Waals surface area contributed by atoms with Crippen LogP contribution in [0.5, 0.6) is 0 Å². The Bertz CT molecular complexity index is 898. The van der Waals surface area contributed by atoms with Crippen molar-refractivity contribution in [2.24, 2.45) is 0 Å². The number of rotatable bonds is 5. The van der Waals surface area contributed by atoms with Crippen molar-refractivity contribution >= 4 is 11.7 Å². The molecule has 2 aromatic heterocycles. The third kappa shape index (κ3) is 5.47. The van der Waals surface area contributed by atoms with Crippen molar-refractivity contribution in [3.8, 4) is 5.95 Å². The Morgan fingerprint density at radius 1 is 1.03 bits per heavy atom. The highest BCUT2D eigenvalue weighted by Crippen LogP contribution is 2.18. The molecule has 4 heterocycles. The van der Waals surface area contributed by atoms with Gasteiger partial charge in [0.1, 0.15) is 5.82 Å². The van der Waals surface area contributed by atoms with Crippen LogP contribution >= 0.6 is 0 Å². The summed E-state index contributed by atoms with van der Waals surface area (Å²) in [5.74, 6) is 1.06. The largest absolute Gasteiger partial charge is 0.309 e. The van der Waals surface area contributed by atoms with Crippen LogP contribution < -0.4 is 5.32 Å². The number of piperidine rings is 1. The summed E-state index contributed by atoms with van der Waals surface area (Å²) in [6.45, 7) is 12.4.